The number of hydrogen-bond donors (Lipinski definition) is 1. The Balaban J connectivity index is 1.58. The van der Waals surface area contributed by atoms with Crippen molar-refractivity contribution in [2.45, 2.75) is 32.7 Å². The lowest BCUT2D eigenvalue weighted by Crippen LogP contribution is -2.42. The van der Waals surface area contributed by atoms with Crippen LogP contribution in [0.2, 0.25) is 0 Å². The molecule has 2 heterocycles. The topological polar surface area (TPSA) is 76.8 Å². The summed E-state index contributed by atoms with van der Waals surface area (Å²) in [6.45, 7) is 7.12. The highest BCUT2D eigenvalue weighted by Crippen LogP contribution is 2.36. The molecule has 0 bridgehead atoms. The summed E-state index contributed by atoms with van der Waals surface area (Å²) in [5, 5.41) is 6.88. The highest BCUT2D eigenvalue weighted by atomic mass is 16.7. The van der Waals surface area contributed by atoms with Gasteiger partial charge in [0, 0.05) is 25.1 Å². The van der Waals surface area contributed by atoms with Gasteiger partial charge in [0.15, 0.2) is 11.5 Å². The van der Waals surface area contributed by atoms with Crippen LogP contribution in [0.5, 0.6) is 11.5 Å². The van der Waals surface area contributed by atoms with E-state index in [0.717, 1.165) is 28.5 Å². The zero-order chi connectivity index (χ0) is 18.0. The van der Waals surface area contributed by atoms with Gasteiger partial charge in [-0.15, -0.1) is 0 Å². The predicted molar refractivity (Wildman–Crippen MR) is 91.7 cm³/mol. The van der Waals surface area contributed by atoms with Crippen molar-refractivity contribution < 1.29 is 18.8 Å². The van der Waals surface area contributed by atoms with Crippen LogP contribution in [0, 0.1) is 6.92 Å². The normalized spacial score (nSPS) is 13.0. The summed E-state index contributed by atoms with van der Waals surface area (Å²) >= 11 is 0. The molecule has 2 amide bonds. The molecular weight excluding hydrogens is 322 g/mol. The molecular formula is C18H23N3O4. The number of aryl methyl sites for hydroxylation is 1. The number of ether oxygens (including phenoxy) is 2. The third-order valence-electron chi connectivity index (χ3n) is 4.26. The second-order valence-corrected chi connectivity index (χ2v) is 6.90. The molecule has 3 rings (SSSR count). The van der Waals surface area contributed by atoms with E-state index in [-0.39, 0.29) is 18.2 Å². The van der Waals surface area contributed by atoms with Crippen LogP contribution in [0.25, 0.3) is 0 Å². The summed E-state index contributed by atoms with van der Waals surface area (Å²) in [5.74, 6) is 2.23. The van der Waals surface area contributed by atoms with E-state index in [1.807, 2.05) is 31.2 Å². The molecule has 1 aliphatic rings. The molecule has 25 heavy (non-hydrogen) atoms. The van der Waals surface area contributed by atoms with Crippen LogP contribution in [-0.2, 0) is 12.0 Å². The van der Waals surface area contributed by atoms with Crippen molar-refractivity contribution in [2.75, 3.05) is 20.4 Å². The molecule has 0 aliphatic carbocycles. The van der Waals surface area contributed by atoms with Gasteiger partial charge in [-0.1, -0.05) is 25.1 Å². The van der Waals surface area contributed by atoms with Crippen molar-refractivity contribution in [1.82, 2.24) is 15.4 Å². The Hall–Kier alpha value is -2.70. The Labute approximate surface area is 146 Å². The van der Waals surface area contributed by atoms with Gasteiger partial charge < -0.3 is 24.2 Å². The second kappa shape index (κ2) is 6.66. The molecule has 0 unspecified atom stereocenters. The molecule has 0 atom stereocenters. The average Bonchev–Trinajstić information content (AvgIpc) is 3.20. The average molecular weight is 345 g/mol. The Morgan fingerprint density at radius 1 is 1.28 bits per heavy atom. The monoisotopic (exact) mass is 345 g/mol. The fourth-order valence-electron chi connectivity index (χ4n) is 2.66. The van der Waals surface area contributed by atoms with Crippen molar-refractivity contribution >= 4 is 6.03 Å². The summed E-state index contributed by atoms with van der Waals surface area (Å²) in [6.07, 6.45) is 0. The van der Waals surface area contributed by atoms with Gasteiger partial charge in [-0.05, 0) is 24.6 Å². The minimum absolute atomic E-state index is 0.158. The fourth-order valence-corrected chi connectivity index (χ4v) is 2.66. The number of carbonyl (C=O) groups excluding carboxylic acids is 1. The van der Waals surface area contributed by atoms with Gasteiger partial charge >= 0.3 is 6.03 Å². The van der Waals surface area contributed by atoms with Crippen LogP contribution in [0.15, 0.2) is 28.8 Å². The lowest BCUT2D eigenvalue weighted by molar-refractivity contribution is 0.174. The number of amides is 2. The van der Waals surface area contributed by atoms with E-state index in [2.05, 4.69) is 24.3 Å². The van der Waals surface area contributed by atoms with Crippen molar-refractivity contribution in [3.8, 4) is 11.5 Å². The number of fused-ring (bicyclic) bond motifs is 1. The number of nitrogens with zero attached hydrogens (tertiary/aromatic N) is 2. The number of hydrogen-bond acceptors (Lipinski definition) is 5. The number of carbonyl (C=O) groups is 1. The summed E-state index contributed by atoms with van der Waals surface area (Å²) in [4.78, 5) is 13.9. The van der Waals surface area contributed by atoms with Gasteiger partial charge in [0.1, 0.15) is 11.5 Å². The molecule has 0 radical (unpaired) electrons. The van der Waals surface area contributed by atoms with E-state index in [0.29, 0.717) is 13.1 Å². The maximum Gasteiger partial charge on any atom is 0.317 e. The molecule has 0 spiro atoms. The number of benzene rings is 1. The van der Waals surface area contributed by atoms with E-state index in [4.69, 9.17) is 14.0 Å². The Morgan fingerprint density at radius 3 is 2.76 bits per heavy atom. The van der Waals surface area contributed by atoms with E-state index in [1.165, 1.54) is 0 Å². The van der Waals surface area contributed by atoms with Crippen LogP contribution < -0.4 is 14.8 Å². The first-order valence-electron chi connectivity index (χ1n) is 8.16. The maximum absolute atomic E-state index is 12.3. The third kappa shape index (κ3) is 3.87. The van der Waals surface area contributed by atoms with Crippen LogP contribution in [0.1, 0.15) is 30.9 Å². The van der Waals surface area contributed by atoms with Gasteiger partial charge in [-0.25, -0.2) is 4.79 Å². The molecule has 1 N–H and O–H groups in total. The van der Waals surface area contributed by atoms with Crippen molar-refractivity contribution in [2.24, 2.45) is 0 Å². The lowest BCUT2D eigenvalue weighted by atomic mass is 9.84. The van der Waals surface area contributed by atoms with E-state index in [9.17, 15) is 4.79 Å². The molecule has 0 saturated heterocycles. The summed E-state index contributed by atoms with van der Waals surface area (Å²) < 4.78 is 15.8. The first kappa shape index (κ1) is 17.1. The van der Waals surface area contributed by atoms with Crippen LogP contribution in [-0.4, -0.2) is 36.5 Å². The summed E-state index contributed by atoms with van der Waals surface area (Å²) in [5.41, 5.74) is 1.55. The van der Waals surface area contributed by atoms with Gasteiger partial charge in [0.05, 0.1) is 6.54 Å². The quantitative estimate of drug-likeness (QED) is 0.902. The number of rotatable bonds is 5. The second-order valence-electron chi connectivity index (χ2n) is 6.90. The van der Waals surface area contributed by atoms with Crippen molar-refractivity contribution in [3.63, 3.8) is 0 Å². The van der Waals surface area contributed by atoms with Gasteiger partial charge in [0.25, 0.3) is 0 Å². The Morgan fingerprint density at radius 2 is 2.04 bits per heavy atom. The standard InChI is InChI=1S/C18H23N3O4/c1-12-7-14(20-25-12)9-21(4)17(22)19-10-18(2,3)13-5-6-15-16(8-13)24-11-23-15/h5-8H,9-11H2,1-4H3,(H,19,22). The van der Waals surface area contributed by atoms with Crippen LogP contribution >= 0.6 is 0 Å². The van der Waals surface area contributed by atoms with Gasteiger partial charge in [0.2, 0.25) is 6.79 Å². The summed E-state index contributed by atoms with van der Waals surface area (Å²) in [6, 6.07) is 7.54. The molecule has 2 aromatic rings. The van der Waals surface area contributed by atoms with Gasteiger partial charge in [-0.3, -0.25) is 0 Å². The van der Waals surface area contributed by atoms with Crippen molar-refractivity contribution in [1.29, 1.82) is 0 Å². The first-order chi connectivity index (χ1) is 11.8. The Bertz CT molecular complexity index is 769. The lowest BCUT2D eigenvalue weighted by Gasteiger charge is -2.27. The molecule has 7 nitrogen and oxygen atoms in total. The largest absolute Gasteiger partial charge is 0.454 e. The van der Waals surface area contributed by atoms with E-state index >= 15 is 0 Å². The van der Waals surface area contributed by atoms with Gasteiger partial charge in [-0.2, -0.15) is 0 Å². The van der Waals surface area contributed by atoms with E-state index in [1.54, 1.807) is 11.9 Å². The third-order valence-corrected chi connectivity index (χ3v) is 4.26. The van der Waals surface area contributed by atoms with Crippen LogP contribution in [0.3, 0.4) is 0 Å². The van der Waals surface area contributed by atoms with Crippen molar-refractivity contribution in [3.05, 3.63) is 41.3 Å². The molecule has 0 saturated carbocycles. The Kier molecular flexibility index (Phi) is 4.57. The summed E-state index contributed by atoms with van der Waals surface area (Å²) in [7, 11) is 1.73. The number of aromatic nitrogens is 1. The zero-order valence-corrected chi connectivity index (χ0v) is 15.0. The molecule has 134 valence electrons. The van der Waals surface area contributed by atoms with E-state index < -0.39 is 0 Å². The predicted octanol–water partition coefficient (Wildman–Crippen LogP) is 2.83. The number of urea groups is 1. The molecule has 1 aromatic carbocycles. The van der Waals surface area contributed by atoms with Crippen LogP contribution in [0.4, 0.5) is 4.79 Å². The number of nitrogens with one attached hydrogen (secondary N) is 1. The highest BCUT2D eigenvalue weighted by Gasteiger charge is 2.25. The first-order valence-corrected chi connectivity index (χ1v) is 8.16. The minimum Gasteiger partial charge on any atom is -0.454 e. The highest BCUT2D eigenvalue weighted by molar-refractivity contribution is 5.74. The molecule has 7 heteroatoms. The fraction of sp³-hybridized carbons (Fsp3) is 0.444. The molecule has 0 fully saturated rings. The smallest absolute Gasteiger partial charge is 0.317 e. The SMILES string of the molecule is Cc1cc(CN(C)C(=O)NCC(C)(C)c2ccc3c(c2)OCO3)no1. The zero-order valence-electron chi connectivity index (χ0n) is 15.0. The minimum atomic E-state index is -0.248. The maximum atomic E-state index is 12.3. The molecule has 1 aromatic heterocycles. The molecule has 1 aliphatic heterocycles.